The van der Waals surface area contributed by atoms with Crippen LogP contribution in [0.5, 0.6) is 0 Å². The van der Waals surface area contributed by atoms with E-state index in [1.54, 1.807) is 0 Å². The zero-order chi connectivity index (χ0) is 17.2. The maximum Gasteiger partial charge on any atom is 0.265 e. The van der Waals surface area contributed by atoms with Crippen LogP contribution in [0.25, 0.3) is 0 Å². The van der Waals surface area contributed by atoms with Crippen LogP contribution >= 0.6 is 0 Å². The summed E-state index contributed by atoms with van der Waals surface area (Å²) in [4.78, 5) is 12.2. The minimum atomic E-state index is -2.70. The van der Waals surface area contributed by atoms with Crippen molar-refractivity contribution >= 4 is 24.5 Å². The Kier molecular flexibility index (Phi) is 4.72. The van der Waals surface area contributed by atoms with Gasteiger partial charge in [-0.1, -0.05) is 81.4 Å². The van der Waals surface area contributed by atoms with Crippen molar-refractivity contribution in [3.63, 3.8) is 0 Å². The van der Waals surface area contributed by atoms with E-state index in [2.05, 4.69) is 45.0 Å². The molecule has 2 aromatic rings. The van der Waals surface area contributed by atoms with Crippen LogP contribution in [-0.2, 0) is 14.0 Å². The predicted octanol–water partition coefficient (Wildman–Crippen LogP) is 2.88. The second-order valence-corrected chi connectivity index (χ2v) is 11.5. The number of ether oxygens (including phenoxy) is 1. The maximum absolute atomic E-state index is 12.2. The molecule has 1 aliphatic heterocycles. The van der Waals surface area contributed by atoms with Crippen LogP contribution in [-0.4, -0.2) is 27.0 Å². The van der Waals surface area contributed by atoms with Gasteiger partial charge in [0.15, 0.2) is 5.78 Å². The molecule has 0 aromatic heterocycles. The molecular formula is C20H24O3Si. The SMILES string of the molecule is CC(C)(C)[Si](OC1OCCC1=O)(c1ccccc1)c1ccccc1. The topological polar surface area (TPSA) is 35.5 Å². The summed E-state index contributed by atoms with van der Waals surface area (Å²) < 4.78 is 12.2. The molecule has 24 heavy (non-hydrogen) atoms. The lowest BCUT2D eigenvalue weighted by Gasteiger charge is -2.43. The third-order valence-electron chi connectivity index (χ3n) is 4.58. The number of hydrogen-bond acceptors (Lipinski definition) is 3. The third kappa shape index (κ3) is 2.97. The number of rotatable bonds is 4. The first kappa shape index (κ1) is 17.1. The molecule has 0 bridgehead atoms. The van der Waals surface area contributed by atoms with Gasteiger partial charge < -0.3 is 9.16 Å². The molecule has 4 heteroatoms. The predicted molar refractivity (Wildman–Crippen MR) is 98.1 cm³/mol. The van der Waals surface area contributed by atoms with E-state index >= 15 is 0 Å². The number of Topliss-reactive ketones (excluding diaryl/α,β-unsaturated/α-hetero) is 1. The summed E-state index contributed by atoms with van der Waals surface area (Å²) in [6.45, 7) is 7.03. The van der Waals surface area contributed by atoms with Gasteiger partial charge in [-0.2, -0.15) is 0 Å². The highest BCUT2D eigenvalue weighted by Gasteiger charge is 2.53. The Morgan fingerprint density at radius 2 is 1.46 bits per heavy atom. The van der Waals surface area contributed by atoms with E-state index in [0.29, 0.717) is 13.0 Å². The highest BCUT2D eigenvalue weighted by Crippen LogP contribution is 2.38. The Morgan fingerprint density at radius 3 is 1.83 bits per heavy atom. The minimum absolute atomic E-state index is 0.0444. The van der Waals surface area contributed by atoms with Gasteiger partial charge >= 0.3 is 0 Å². The lowest BCUT2D eigenvalue weighted by atomic mass is 10.2. The van der Waals surface area contributed by atoms with Gasteiger partial charge in [0, 0.05) is 6.42 Å². The first-order chi connectivity index (χ1) is 11.4. The van der Waals surface area contributed by atoms with Crippen LogP contribution in [0.4, 0.5) is 0 Å². The maximum atomic E-state index is 12.2. The zero-order valence-electron chi connectivity index (χ0n) is 14.5. The fraction of sp³-hybridized carbons (Fsp3) is 0.350. The van der Waals surface area contributed by atoms with Crippen LogP contribution in [0.15, 0.2) is 60.7 Å². The molecule has 0 N–H and O–H groups in total. The molecule has 0 aliphatic carbocycles. The summed E-state index contributed by atoms with van der Waals surface area (Å²) in [6.07, 6.45) is -0.320. The Morgan fingerprint density at radius 1 is 0.958 bits per heavy atom. The molecule has 1 unspecified atom stereocenters. The van der Waals surface area contributed by atoms with Crippen LogP contribution < -0.4 is 10.4 Å². The lowest BCUT2D eigenvalue weighted by molar-refractivity contribution is -0.136. The van der Waals surface area contributed by atoms with Crippen molar-refractivity contribution in [2.75, 3.05) is 6.61 Å². The van der Waals surface area contributed by atoms with E-state index < -0.39 is 14.6 Å². The van der Waals surface area contributed by atoms with Crippen molar-refractivity contribution in [2.45, 2.75) is 38.5 Å². The van der Waals surface area contributed by atoms with E-state index in [-0.39, 0.29) is 10.8 Å². The summed E-state index contributed by atoms with van der Waals surface area (Å²) in [6, 6.07) is 20.6. The van der Waals surface area contributed by atoms with Gasteiger partial charge in [-0.05, 0) is 15.4 Å². The van der Waals surface area contributed by atoms with Crippen molar-refractivity contribution in [1.82, 2.24) is 0 Å². The van der Waals surface area contributed by atoms with Gasteiger partial charge in [-0.3, -0.25) is 4.79 Å². The Hall–Kier alpha value is -1.75. The number of hydrogen-bond donors (Lipinski definition) is 0. The van der Waals surface area contributed by atoms with Crippen molar-refractivity contribution in [3.8, 4) is 0 Å². The molecule has 1 heterocycles. The standard InChI is InChI=1S/C20H24O3Si/c1-20(2,3)24(16-10-6-4-7-11-16,17-12-8-5-9-13-17)23-19-18(21)14-15-22-19/h4-13,19H,14-15H2,1-3H3. The third-order valence-corrected chi connectivity index (χ3v) is 9.55. The Balaban J connectivity index is 2.19. The molecule has 1 fully saturated rings. The lowest BCUT2D eigenvalue weighted by Crippen LogP contribution is -2.68. The van der Waals surface area contributed by atoms with Gasteiger partial charge in [-0.25, -0.2) is 0 Å². The average Bonchev–Trinajstić information content (AvgIpc) is 2.98. The van der Waals surface area contributed by atoms with E-state index in [4.69, 9.17) is 9.16 Å². The number of carbonyl (C=O) groups is 1. The second kappa shape index (κ2) is 6.63. The van der Waals surface area contributed by atoms with Gasteiger partial charge in [0.1, 0.15) is 0 Å². The summed E-state index contributed by atoms with van der Waals surface area (Å²) in [5, 5.41) is 2.17. The van der Waals surface area contributed by atoms with Gasteiger partial charge in [0.25, 0.3) is 8.32 Å². The van der Waals surface area contributed by atoms with Crippen LogP contribution in [0.3, 0.4) is 0 Å². The summed E-state index contributed by atoms with van der Waals surface area (Å²) >= 11 is 0. The molecule has 1 saturated heterocycles. The van der Waals surface area contributed by atoms with Crippen molar-refractivity contribution < 1.29 is 14.0 Å². The molecule has 1 aliphatic rings. The van der Waals surface area contributed by atoms with Gasteiger partial charge in [0.2, 0.25) is 6.29 Å². The van der Waals surface area contributed by atoms with E-state index in [0.717, 1.165) is 10.4 Å². The average molecular weight is 340 g/mol. The van der Waals surface area contributed by atoms with Crippen molar-refractivity contribution in [2.24, 2.45) is 0 Å². The first-order valence-electron chi connectivity index (χ1n) is 8.38. The normalized spacial score (nSPS) is 18.8. The molecule has 2 aromatic carbocycles. The highest BCUT2D eigenvalue weighted by molar-refractivity contribution is 6.99. The minimum Gasteiger partial charge on any atom is -0.377 e. The largest absolute Gasteiger partial charge is 0.377 e. The summed E-state index contributed by atoms with van der Waals surface area (Å²) in [5.41, 5.74) is 0. The van der Waals surface area contributed by atoms with Crippen molar-refractivity contribution in [1.29, 1.82) is 0 Å². The van der Waals surface area contributed by atoms with Crippen LogP contribution in [0.2, 0.25) is 5.04 Å². The molecule has 3 rings (SSSR count). The monoisotopic (exact) mass is 340 g/mol. The molecule has 1 atom stereocenters. The zero-order valence-corrected chi connectivity index (χ0v) is 15.5. The second-order valence-electron chi connectivity index (χ2n) is 7.20. The number of ketones is 1. The quantitative estimate of drug-likeness (QED) is 0.803. The molecule has 3 nitrogen and oxygen atoms in total. The highest BCUT2D eigenvalue weighted by atomic mass is 28.4. The molecule has 0 amide bonds. The first-order valence-corrected chi connectivity index (χ1v) is 10.3. The molecule has 0 radical (unpaired) electrons. The van der Waals surface area contributed by atoms with Gasteiger partial charge in [0.05, 0.1) is 6.61 Å². The molecule has 0 spiro atoms. The Labute approximate surface area is 144 Å². The van der Waals surface area contributed by atoms with Crippen LogP contribution in [0.1, 0.15) is 27.2 Å². The smallest absolute Gasteiger partial charge is 0.265 e. The summed E-state index contributed by atoms with van der Waals surface area (Å²) in [7, 11) is -2.70. The van der Waals surface area contributed by atoms with E-state index in [1.807, 2.05) is 36.4 Å². The molecule has 126 valence electrons. The molecular weight excluding hydrogens is 316 g/mol. The van der Waals surface area contributed by atoms with E-state index in [1.165, 1.54) is 0 Å². The number of benzene rings is 2. The Bertz CT molecular complexity index is 652. The van der Waals surface area contributed by atoms with Crippen molar-refractivity contribution in [3.05, 3.63) is 60.7 Å². The number of carbonyl (C=O) groups excluding carboxylic acids is 1. The fourth-order valence-corrected chi connectivity index (χ4v) is 7.96. The molecule has 0 saturated carbocycles. The fourth-order valence-electron chi connectivity index (χ4n) is 3.43. The van der Waals surface area contributed by atoms with Gasteiger partial charge in [-0.15, -0.1) is 0 Å². The van der Waals surface area contributed by atoms with E-state index in [9.17, 15) is 4.79 Å². The summed E-state index contributed by atoms with van der Waals surface area (Å²) in [5.74, 6) is 0.0444. The van der Waals surface area contributed by atoms with Crippen LogP contribution in [0, 0.1) is 0 Å².